The molecule has 2 unspecified atom stereocenters. The van der Waals surface area contributed by atoms with Crippen LogP contribution in [0.5, 0.6) is 0 Å². The van der Waals surface area contributed by atoms with Gasteiger partial charge < -0.3 is 5.73 Å². The van der Waals surface area contributed by atoms with E-state index >= 15 is 0 Å². The molecular weight excluding hydrogens is 88.1 g/mol. The van der Waals surface area contributed by atoms with Crippen LogP contribution in [0.2, 0.25) is 0 Å². The van der Waals surface area contributed by atoms with Crippen LogP contribution in [0.1, 0.15) is 13.8 Å². The molecule has 0 aliphatic rings. The van der Waals surface area contributed by atoms with Crippen molar-refractivity contribution in [2.24, 2.45) is 5.73 Å². The fraction of sp³-hybridized carbons (Fsp3) is 0.800. The van der Waals surface area contributed by atoms with Crippen molar-refractivity contribution in [3.63, 3.8) is 0 Å². The lowest BCUT2D eigenvalue weighted by Gasteiger charge is -2.09. The minimum Gasteiger partial charge on any atom is -0.316 e. The van der Waals surface area contributed by atoms with Gasteiger partial charge in [0.25, 0.3) is 0 Å². The number of hydrogen-bond donors (Lipinski definition) is 2. The van der Waals surface area contributed by atoms with Crippen molar-refractivity contribution in [3.8, 4) is 0 Å². The Hall–Kier alpha value is -0.0800. The maximum atomic E-state index is 5.34. The van der Waals surface area contributed by atoms with Gasteiger partial charge in [-0.25, -0.2) is 0 Å². The van der Waals surface area contributed by atoms with E-state index in [0.29, 0.717) is 0 Å². The van der Waals surface area contributed by atoms with Gasteiger partial charge in [0.15, 0.2) is 0 Å². The Labute approximate surface area is 45.1 Å². The lowest BCUT2D eigenvalue weighted by Crippen LogP contribution is -2.38. The minimum absolute atomic E-state index is 0.0625. The molecule has 0 aliphatic heterocycles. The van der Waals surface area contributed by atoms with Crippen LogP contribution in [0, 0.1) is 6.92 Å². The second kappa shape index (κ2) is 2.99. The van der Waals surface area contributed by atoms with Crippen molar-refractivity contribution in [3.05, 3.63) is 6.92 Å². The molecule has 0 spiro atoms. The summed E-state index contributed by atoms with van der Waals surface area (Å²) in [5, 5.41) is 2.97. The standard InChI is InChI=1S/C5H13N2/c1-4(2)7-5(3)6/h4-5,7H,1,6H2,2-3H3. The van der Waals surface area contributed by atoms with Gasteiger partial charge in [0.2, 0.25) is 0 Å². The third-order valence-corrected chi connectivity index (χ3v) is 0.547. The maximum absolute atomic E-state index is 5.34. The zero-order valence-electron chi connectivity index (χ0n) is 4.94. The normalized spacial score (nSPS) is 15.0. The lowest BCUT2D eigenvalue weighted by molar-refractivity contribution is 0.529. The quantitative estimate of drug-likeness (QED) is 0.484. The largest absolute Gasteiger partial charge is 0.316 e. The van der Waals surface area contributed by atoms with Gasteiger partial charge in [0.05, 0.1) is 6.17 Å². The Morgan fingerprint density at radius 2 is 2.00 bits per heavy atom. The highest BCUT2D eigenvalue weighted by Crippen LogP contribution is 1.74. The monoisotopic (exact) mass is 101 g/mol. The van der Waals surface area contributed by atoms with Crippen molar-refractivity contribution < 1.29 is 0 Å². The van der Waals surface area contributed by atoms with Crippen LogP contribution >= 0.6 is 0 Å². The van der Waals surface area contributed by atoms with E-state index in [1.165, 1.54) is 0 Å². The van der Waals surface area contributed by atoms with Gasteiger partial charge in [0.1, 0.15) is 0 Å². The van der Waals surface area contributed by atoms with E-state index < -0.39 is 0 Å². The van der Waals surface area contributed by atoms with E-state index in [-0.39, 0.29) is 12.2 Å². The molecule has 0 aliphatic carbocycles. The van der Waals surface area contributed by atoms with Crippen LogP contribution < -0.4 is 11.1 Å². The van der Waals surface area contributed by atoms with E-state index in [0.717, 1.165) is 0 Å². The number of rotatable bonds is 2. The highest BCUT2D eigenvalue weighted by Gasteiger charge is 1.92. The number of nitrogens with two attached hydrogens (primary N) is 1. The molecule has 2 nitrogen and oxygen atoms in total. The Kier molecular flexibility index (Phi) is 2.96. The van der Waals surface area contributed by atoms with Gasteiger partial charge in [-0.15, -0.1) is 0 Å². The fourth-order valence-corrected chi connectivity index (χ4v) is 0.449. The molecule has 0 aromatic carbocycles. The number of hydrogen-bond acceptors (Lipinski definition) is 2. The Balaban J connectivity index is 2.95. The van der Waals surface area contributed by atoms with Crippen LogP contribution in [0.25, 0.3) is 0 Å². The first-order valence-corrected chi connectivity index (χ1v) is 2.47. The second-order valence-corrected chi connectivity index (χ2v) is 1.86. The fourth-order valence-electron chi connectivity index (χ4n) is 0.449. The molecule has 3 N–H and O–H groups in total. The van der Waals surface area contributed by atoms with Crippen LogP contribution in [-0.2, 0) is 0 Å². The van der Waals surface area contributed by atoms with Gasteiger partial charge in [0, 0.05) is 6.04 Å². The summed E-state index contributed by atoms with van der Waals surface area (Å²) >= 11 is 0. The molecule has 43 valence electrons. The molecule has 1 radical (unpaired) electrons. The summed E-state index contributed by atoms with van der Waals surface area (Å²) in [6.07, 6.45) is 0.0625. The van der Waals surface area contributed by atoms with Gasteiger partial charge in [-0.3, -0.25) is 5.32 Å². The highest BCUT2D eigenvalue weighted by atomic mass is 15.0. The van der Waals surface area contributed by atoms with E-state index in [4.69, 9.17) is 5.73 Å². The zero-order chi connectivity index (χ0) is 5.86. The third-order valence-electron chi connectivity index (χ3n) is 0.547. The SMILES string of the molecule is [CH2]C(C)NC(C)N. The third kappa shape index (κ3) is 5.92. The van der Waals surface area contributed by atoms with Crippen molar-refractivity contribution in [1.29, 1.82) is 0 Å². The maximum Gasteiger partial charge on any atom is 0.0519 e. The van der Waals surface area contributed by atoms with E-state index in [1.807, 2.05) is 13.8 Å². The molecule has 0 rings (SSSR count). The predicted octanol–water partition coefficient (Wildman–Crippen LogP) is 0.103. The summed E-state index contributed by atoms with van der Waals surface area (Å²) in [4.78, 5) is 0. The lowest BCUT2D eigenvalue weighted by atomic mass is 10.4. The van der Waals surface area contributed by atoms with Crippen LogP contribution in [0.15, 0.2) is 0 Å². The summed E-state index contributed by atoms with van der Waals surface area (Å²) in [7, 11) is 0. The average Bonchev–Trinajstić information content (AvgIpc) is 1.27. The first kappa shape index (κ1) is 6.92. The highest BCUT2D eigenvalue weighted by molar-refractivity contribution is 4.62. The van der Waals surface area contributed by atoms with E-state index in [2.05, 4.69) is 12.2 Å². The molecule has 0 aromatic heterocycles. The Morgan fingerprint density at radius 3 is 2.00 bits per heavy atom. The van der Waals surface area contributed by atoms with E-state index in [9.17, 15) is 0 Å². The summed E-state index contributed by atoms with van der Waals surface area (Å²) in [6, 6.07) is 0.250. The minimum atomic E-state index is 0.0625. The summed E-state index contributed by atoms with van der Waals surface area (Å²) in [5.41, 5.74) is 5.34. The van der Waals surface area contributed by atoms with Crippen LogP contribution in [0.4, 0.5) is 0 Å². The predicted molar refractivity (Wildman–Crippen MR) is 31.6 cm³/mol. The molecular formula is C5H13N2. The molecule has 0 aromatic rings. The summed E-state index contributed by atoms with van der Waals surface area (Å²) in [6.45, 7) is 7.54. The van der Waals surface area contributed by atoms with Crippen molar-refractivity contribution in [2.75, 3.05) is 0 Å². The van der Waals surface area contributed by atoms with Crippen molar-refractivity contribution in [1.82, 2.24) is 5.32 Å². The molecule has 0 saturated carbocycles. The van der Waals surface area contributed by atoms with Gasteiger partial charge in [-0.1, -0.05) is 0 Å². The molecule has 0 saturated heterocycles. The smallest absolute Gasteiger partial charge is 0.0519 e. The Bertz CT molecular complexity index is 35.3. The number of nitrogens with one attached hydrogen (secondary N) is 1. The molecule has 7 heavy (non-hydrogen) atoms. The van der Waals surface area contributed by atoms with Crippen molar-refractivity contribution in [2.45, 2.75) is 26.1 Å². The molecule has 2 atom stereocenters. The van der Waals surface area contributed by atoms with Gasteiger partial charge >= 0.3 is 0 Å². The second-order valence-electron chi connectivity index (χ2n) is 1.86. The van der Waals surface area contributed by atoms with Crippen LogP contribution in [0.3, 0.4) is 0 Å². The molecule has 0 amide bonds. The molecule has 0 fully saturated rings. The molecule has 2 heteroatoms. The summed E-state index contributed by atoms with van der Waals surface area (Å²) in [5.74, 6) is 0. The first-order chi connectivity index (χ1) is 3.13. The van der Waals surface area contributed by atoms with E-state index in [1.54, 1.807) is 0 Å². The van der Waals surface area contributed by atoms with Gasteiger partial charge in [-0.05, 0) is 20.8 Å². The van der Waals surface area contributed by atoms with Crippen LogP contribution in [-0.4, -0.2) is 12.2 Å². The summed E-state index contributed by atoms with van der Waals surface area (Å²) < 4.78 is 0. The van der Waals surface area contributed by atoms with Gasteiger partial charge in [-0.2, -0.15) is 0 Å². The molecule has 0 bridgehead atoms. The van der Waals surface area contributed by atoms with Crippen molar-refractivity contribution >= 4 is 0 Å². The molecule has 0 heterocycles. The average molecular weight is 101 g/mol. The topological polar surface area (TPSA) is 38.0 Å². The zero-order valence-corrected chi connectivity index (χ0v) is 4.94. The Morgan fingerprint density at radius 1 is 1.57 bits per heavy atom. The first-order valence-electron chi connectivity index (χ1n) is 2.47.